The van der Waals surface area contributed by atoms with Crippen LogP contribution >= 0.6 is 0 Å². The van der Waals surface area contributed by atoms with Gasteiger partial charge in [-0.25, -0.2) is 0 Å². The lowest BCUT2D eigenvalue weighted by molar-refractivity contribution is -0.124. The molecule has 0 spiro atoms. The Kier molecular flexibility index (Phi) is 2.64. The molecule has 1 unspecified atom stereocenters. The number of amides is 2. The Morgan fingerprint density at radius 3 is 2.31 bits per heavy atom. The summed E-state index contributed by atoms with van der Waals surface area (Å²) in [6.45, 7) is 4.00. The van der Waals surface area contributed by atoms with Crippen LogP contribution in [0.1, 0.15) is 17.5 Å². The fraction of sp³-hybridized carbons (Fsp3) is 0.333. The predicted molar refractivity (Wildman–Crippen MR) is 61.1 cm³/mol. The average Bonchev–Trinajstić information content (AvgIpc) is 2.43. The van der Waals surface area contributed by atoms with Crippen LogP contribution in [0.4, 0.5) is 5.69 Å². The van der Waals surface area contributed by atoms with Gasteiger partial charge in [-0.1, -0.05) is 6.07 Å². The standard InChI is InChI=1S/C12H14N2O2/c1-7-3-8(2)5-9(4-7)13-10-6-11(15)14-12(10)16/h3-5,10,13H,6H2,1-2H3,(H,14,15,16). The second-order valence-electron chi connectivity index (χ2n) is 4.19. The summed E-state index contributed by atoms with van der Waals surface area (Å²) in [4.78, 5) is 22.4. The monoisotopic (exact) mass is 218 g/mol. The van der Waals surface area contributed by atoms with Crippen molar-refractivity contribution in [1.29, 1.82) is 0 Å². The van der Waals surface area contributed by atoms with Crippen LogP contribution in [0.25, 0.3) is 0 Å². The molecule has 1 heterocycles. The molecule has 16 heavy (non-hydrogen) atoms. The SMILES string of the molecule is Cc1cc(C)cc(NC2CC(=O)NC2=O)c1. The molecule has 84 valence electrons. The number of nitrogens with one attached hydrogen (secondary N) is 2. The summed E-state index contributed by atoms with van der Waals surface area (Å²) >= 11 is 0. The molecule has 0 radical (unpaired) electrons. The van der Waals surface area contributed by atoms with Crippen molar-refractivity contribution in [2.45, 2.75) is 26.3 Å². The number of aryl methyl sites for hydroxylation is 2. The first-order valence-electron chi connectivity index (χ1n) is 5.23. The minimum absolute atomic E-state index is 0.214. The Labute approximate surface area is 94.0 Å². The lowest BCUT2D eigenvalue weighted by Crippen LogP contribution is -2.30. The first-order chi connectivity index (χ1) is 7.54. The molecule has 1 aliphatic heterocycles. The quantitative estimate of drug-likeness (QED) is 0.732. The van der Waals surface area contributed by atoms with Gasteiger partial charge in [0.1, 0.15) is 6.04 Å². The van der Waals surface area contributed by atoms with Crippen molar-refractivity contribution in [2.24, 2.45) is 0 Å². The van der Waals surface area contributed by atoms with Gasteiger partial charge in [0.05, 0.1) is 6.42 Å². The summed E-state index contributed by atoms with van der Waals surface area (Å²) in [6, 6.07) is 5.55. The van der Waals surface area contributed by atoms with Crippen LogP contribution in [0, 0.1) is 13.8 Å². The number of hydrogen-bond donors (Lipinski definition) is 2. The molecule has 0 aromatic heterocycles. The highest BCUT2D eigenvalue weighted by Crippen LogP contribution is 2.16. The van der Waals surface area contributed by atoms with Gasteiger partial charge < -0.3 is 5.32 Å². The van der Waals surface area contributed by atoms with E-state index in [1.165, 1.54) is 0 Å². The second kappa shape index (κ2) is 3.96. The Morgan fingerprint density at radius 2 is 1.81 bits per heavy atom. The van der Waals surface area contributed by atoms with Crippen molar-refractivity contribution in [3.63, 3.8) is 0 Å². The van der Waals surface area contributed by atoms with Crippen molar-refractivity contribution in [1.82, 2.24) is 5.32 Å². The fourth-order valence-corrected chi connectivity index (χ4v) is 1.93. The zero-order valence-corrected chi connectivity index (χ0v) is 9.33. The van der Waals surface area contributed by atoms with Gasteiger partial charge in [-0.15, -0.1) is 0 Å². The lowest BCUT2D eigenvalue weighted by Gasteiger charge is -2.12. The molecular formula is C12H14N2O2. The van der Waals surface area contributed by atoms with Crippen LogP contribution in [-0.4, -0.2) is 17.9 Å². The summed E-state index contributed by atoms with van der Waals surface area (Å²) in [5, 5.41) is 5.35. The number of carbonyl (C=O) groups excluding carboxylic acids is 2. The van der Waals surface area contributed by atoms with Gasteiger partial charge >= 0.3 is 0 Å². The lowest BCUT2D eigenvalue weighted by atomic mass is 10.1. The maximum absolute atomic E-state index is 11.4. The molecule has 0 bridgehead atoms. The van der Waals surface area contributed by atoms with E-state index in [0.717, 1.165) is 16.8 Å². The molecule has 0 aliphatic carbocycles. The van der Waals surface area contributed by atoms with E-state index in [0.29, 0.717) is 0 Å². The second-order valence-corrected chi connectivity index (χ2v) is 4.19. The number of carbonyl (C=O) groups is 2. The van der Waals surface area contributed by atoms with Crippen LogP contribution in [0.15, 0.2) is 18.2 Å². The number of hydrogen-bond acceptors (Lipinski definition) is 3. The molecule has 2 rings (SSSR count). The fourth-order valence-electron chi connectivity index (χ4n) is 1.93. The number of benzene rings is 1. The zero-order chi connectivity index (χ0) is 11.7. The molecule has 1 saturated heterocycles. The van der Waals surface area contributed by atoms with Gasteiger partial charge in [-0.05, 0) is 37.1 Å². The van der Waals surface area contributed by atoms with Crippen LogP contribution in [0.5, 0.6) is 0 Å². The Bertz CT molecular complexity index is 434. The molecule has 4 nitrogen and oxygen atoms in total. The molecule has 0 saturated carbocycles. The third-order valence-corrected chi connectivity index (χ3v) is 2.53. The van der Waals surface area contributed by atoms with E-state index in [-0.39, 0.29) is 18.2 Å². The molecule has 4 heteroatoms. The van der Waals surface area contributed by atoms with Gasteiger partial charge in [-0.3, -0.25) is 14.9 Å². The maximum atomic E-state index is 11.4. The largest absolute Gasteiger partial charge is 0.373 e. The van der Waals surface area contributed by atoms with Crippen LogP contribution < -0.4 is 10.6 Å². The molecule has 1 aliphatic rings. The Morgan fingerprint density at radius 1 is 1.19 bits per heavy atom. The van der Waals surface area contributed by atoms with E-state index in [1.54, 1.807) is 0 Å². The van der Waals surface area contributed by atoms with E-state index in [2.05, 4.69) is 16.7 Å². The van der Waals surface area contributed by atoms with Crippen molar-refractivity contribution in [3.8, 4) is 0 Å². The molecule has 2 amide bonds. The summed E-state index contributed by atoms with van der Waals surface area (Å²) in [6.07, 6.45) is 0.214. The predicted octanol–water partition coefficient (Wildman–Crippen LogP) is 1.13. The highest BCUT2D eigenvalue weighted by molar-refractivity contribution is 6.06. The van der Waals surface area contributed by atoms with Gasteiger partial charge in [0.2, 0.25) is 11.8 Å². The smallest absolute Gasteiger partial charge is 0.249 e. The summed E-state index contributed by atoms with van der Waals surface area (Å²) in [5.74, 6) is -0.462. The normalized spacial score (nSPS) is 19.8. The minimum Gasteiger partial charge on any atom is -0.373 e. The average molecular weight is 218 g/mol. The summed E-state index contributed by atoms with van der Waals surface area (Å²) in [5.41, 5.74) is 3.15. The zero-order valence-electron chi connectivity index (χ0n) is 9.33. The first-order valence-corrected chi connectivity index (χ1v) is 5.23. The molecular weight excluding hydrogens is 204 g/mol. The van der Waals surface area contributed by atoms with Gasteiger partial charge in [0.25, 0.3) is 0 Å². The van der Waals surface area contributed by atoms with Gasteiger partial charge in [0, 0.05) is 5.69 Å². The van der Waals surface area contributed by atoms with Crippen molar-refractivity contribution < 1.29 is 9.59 Å². The minimum atomic E-state index is -0.436. The topological polar surface area (TPSA) is 58.2 Å². The molecule has 1 fully saturated rings. The first kappa shape index (κ1) is 10.7. The van der Waals surface area contributed by atoms with Crippen LogP contribution in [0.2, 0.25) is 0 Å². The van der Waals surface area contributed by atoms with E-state index in [9.17, 15) is 9.59 Å². The van der Waals surface area contributed by atoms with E-state index >= 15 is 0 Å². The van der Waals surface area contributed by atoms with E-state index in [4.69, 9.17) is 0 Å². The third-order valence-electron chi connectivity index (χ3n) is 2.53. The maximum Gasteiger partial charge on any atom is 0.249 e. The van der Waals surface area contributed by atoms with E-state index in [1.807, 2.05) is 26.0 Å². The summed E-state index contributed by atoms with van der Waals surface area (Å²) in [7, 11) is 0. The number of anilines is 1. The Hall–Kier alpha value is -1.84. The van der Waals surface area contributed by atoms with Gasteiger partial charge in [-0.2, -0.15) is 0 Å². The Balaban J connectivity index is 2.15. The molecule has 1 aromatic carbocycles. The highest BCUT2D eigenvalue weighted by atomic mass is 16.2. The van der Waals surface area contributed by atoms with Crippen LogP contribution in [-0.2, 0) is 9.59 Å². The number of imide groups is 1. The van der Waals surface area contributed by atoms with Crippen molar-refractivity contribution in [2.75, 3.05) is 5.32 Å². The summed E-state index contributed by atoms with van der Waals surface area (Å²) < 4.78 is 0. The van der Waals surface area contributed by atoms with Crippen molar-refractivity contribution in [3.05, 3.63) is 29.3 Å². The molecule has 1 aromatic rings. The number of rotatable bonds is 2. The molecule has 1 atom stereocenters. The van der Waals surface area contributed by atoms with E-state index < -0.39 is 6.04 Å². The third kappa shape index (κ3) is 2.21. The molecule has 2 N–H and O–H groups in total. The highest BCUT2D eigenvalue weighted by Gasteiger charge is 2.30. The van der Waals surface area contributed by atoms with Gasteiger partial charge in [0.15, 0.2) is 0 Å². The van der Waals surface area contributed by atoms with Crippen LogP contribution in [0.3, 0.4) is 0 Å². The van der Waals surface area contributed by atoms with Crippen molar-refractivity contribution >= 4 is 17.5 Å².